The molecule has 0 aliphatic carbocycles. The Bertz CT molecular complexity index is 860. The van der Waals surface area contributed by atoms with Crippen molar-refractivity contribution >= 4 is 17.6 Å². The van der Waals surface area contributed by atoms with E-state index >= 15 is 0 Å². The second kappa shape index (κ2) is 8.65. The Morgan fingerprint density at radius 2 is 1.54 bits per heavy atom. The van der Waals surface area contributed by atoms with Gasteiger partial charge in [-0.05, 0) is 30.3 Å². The van der Waals surface area contributed by atoms with Crippen LogP contribution in [0.1, 0.15) is 20.7 Å². The van der Waals surface area contributed by atoms with Crippen LogP contribution in [-0.2, 0) is 4.74 Å². The van der Waals surface area contributed by atoms with Gasteiger partial charge in [-0.2, -0.15) is 0 Å². The first-order valence-corrected chi connectivity index (χ1v) is 9.02. The van der Waals surface area contributed by atoms with Crippen LogP contribution in [0.2, 0.25) is 0 Å². The van der Waals surface area contributed by atoms with Gasteiger partial charge in [0.2, 0.25) is 0 Å². The number of carbonyl (C=O) groups is 2. The molecule has 0 saturated carbocycles. The van der Waals surface area contributed by atoms with Gasteiger partial charge in [0.1, 0.15) is 0 Å². The van der Waals surface area contributed by atoms with Crippen molar-refractivity contribution in [1.82, 2.24) is 4.90 Å². The quantitative estimate of drug-likeness (QED) is 0.738. The van der Waals surface area contributed by atoms with Gasteiger partial charge in [0.25, 0.3) is 5.91 Å². The number of piperazine rings is 1. The molecule has 1 heterocycles. The third-order valence-corrected chi connectivity index (χ3v) is 4.85. The van der Waals surface area contributed by atoms with Crippen molar-refractivity contribution in [3.63, 3.8) is 0 Å². The SMILES string of the molecule is COC(=O)c1ccccc1N1CCN(C(=O)c2ccc(OC)c(OC)c2)CC1. The molecule has 2 aromatic rings. The molecule has 1 amide bonds. The number of nitrogens with zero attached hydrogens (tertiary/aromatic N) is 2. The van der Waals surface area contributed by atoms with Crippen molar-refractivity contribution < 1.29 is 23.8 Å². The van der Waals surface area contributed by atoms with E-state index in [1.165, 1.54) is 7.11 Å². The molecule has 0 radical (unpaired) electrons. The largest absolute Gasteiger partial charge is 0.493 e. The summed E-state index contributed by atoms with van der Waals surface area (Å²) >= 11 is 0. The normalized spacial score (nSPS) is 13.8. The van der Waals surface area contributed by atoms with Crippen LogP contribution >= 0.6 is 0 Å². The van der Waals surface area contributed by atoms with Crippen molar-refractivity contribution in [2.24, 2.45) is 0 Å². The number of carbonyl (C=O) groups excluding carboxylic acids is 2. The molecular weight excluding hydrogens is 360 g/mol. The van der Waals surface area contributed by atoms with Crippen LogP contribution in [0.3, 0.4) is 0 Å². The average molecular weight is 384 g/mol. The first-order valence-electron chi connectivity index (χ1n) is 9.02. The average Bonchev–Trinajstić information content (AvgIpc) is 2.77. The molecule has 3 rings (SSSR count). The molecule has 1 aliphatic heterocycles. The molecule has 0 atom stereocenters. The van der Waals surface area contributed by atoms with E-state index in [0.29, 0.717) is 48.8 Å². The summed E-state index contributed by atoms with van der Waals surface area (Å²) in [6.07, 6.45) is 0. The van der Waals surface area contributed by atoms with Gasteiger partial charge >= 0.3 is 5.97 Å². The van der Waals surface area contributed by atoms with E-state index in [0.717, 1.165) is 5.69 Å². The molecule has 1 aliphatic rings. The van der Waals surface area contributed by atoms with Crippen LogP contribution in [0.5, 0.6) is 11.5 Å². The van der Waals surface area contributed by atoms with Gasteiger partial charge in [0.15, 0.2) is 11.5 Å². The fraction of sp³-hybridized carbons (Fsp3) is 0.333. The lowest BCUT2D eigenvalue weighted by atomic mass is 10.1. The van der Waals surface area contributed by atoms with Gasteiger partial charge in [-0.25, -0.2) is 4.79 Å². The Hall–Kier alpha value is -3.22. The molecule has 1 saturated heterocycles. The smallest absolute Gasteiger partial charge is 0.339 e. The molecular formula is C21H24N2O5. The van der Waals surface area contributed by atoms with E-state index in [4.69, 9.17) is 14.2 Å². The van der Waals surface area contributed by atoms with Crippen molar-refractivity contribution in [1.29, 1.82) is 0 Å². The molecule has 0 aromatic heterocycles. The number of benzene rings is 2. The van der Waals surface area contributed by atoms with Crippen LogP contribution in [0, 0.1) is 0 Å². The Morgan fingerprint density at radius 1 is 0.857 bits per heavy atom. The Morgan fingerprint density at radius 3 is 2.18 bits per heavy atom. The fourth-order valence-corrected chi connectivity index (χ4v) is 3.33. The molecule has 1 fully saturated rings. The Kier molecular flexibility index (Phi) is 6.03. The number of anilines is 1. The van der Waals surface area contributed by atoms with Crippen LogP contribution in [0.4, 0.5) is 5.69 Å². The van der Waals surface area contributed by atoms with Crippen LogP contribution in [-0.4, -0.2) is 64.3 Å². The van der Waals surface area contributed by atoms with E-state index in [9.17, 15) is 9.59 Å². The summed E-state index contributed by atoms with van der Waals surface area (Å²) in [5.41, 5.74) is 1.92. The number of rotatable bonds is 5. The predicted octanol–water partition coefficient (Wildman–Crippen LogP) is 2.45. The highest BCUT2D eigenvalue weighted by molar-refractivity contribution is 5.96. The zero-order chi connectivity index (χ0) is 20.1. The minimum Gasteiger partial charge on any atom is -0.493 e. The number of methoxy groups -OCH3 is 3. The number of ether oxygens (including phenoxy) is 3. The summed E-state index contributed by atoms with van der Waals surface area (Å²) in [5.74, 6) is 0.698. The maximum atomic E-state index is 12.9. The molecule has 0 N–H and O–H groups in total. The highest BCUT2D eigenvalue weighted by Crippen LogP contribution is 2.28. The van der Waals surface area contributed by atoms with E-state index in [-0.39, 0.29) is 11.9 Å². The molecule has 0 unspecified atom stereocenters. The zero-order valence-corrected chi connectivity index (χ0v) is 16.3. The molecule has 0 bridgehead atoms. The van der Waals surface area contributed by atoms with Crippen LogP contribution < -0.4 is 14.4 Å². The number of amides is 1. The number of hydrogen-bond donors (Lipinski definition) is 0. The lowest BCUT2D eigenvalue weighted by Gasteiger charge is -2.36. The number of hydrogen-bond acceptors (Lipinski definition) is 6. The minimum absolute atomic E-state index is 0.0538. The third kappa shape index (κ3) is 3.88. The van der Waals surface area contributed by atoms with Crippen molar-refractivity contribution in [3.05, 3.63) is 53.6 Å². The topological polar surface area (TPSA) is 68.3 Å². The maximum absolute atomic E-state index is 12.9. The lowest BCUT2D eigenvalue weighted by Crippen LogP contribution is -2.49. The van der Waals surface area contributed by atoms with E-state index in [2.05, 4.69) is 4.90 Å². The molecule has 7 heteroatoms. The number of esters is 1. The summed E-state index contributed by atoms with van der Waals surface area (Å²) in [6, 6.07) is 12.5. The predicted molar refractivity (Wildman–Crippen MR) is 105 cm³/mol. The van der Waals surface area contributed by atoms with Gasteiger partial charge in [-0.15, -0.1) is 0 Å². The Labute approximate surface area is 164 Å². The van der Waals surface area contributed by atoms with Crippen molar-refractivity contribution in [2.45, 2.75) is 0 Å². The molecule has 148 valence electrons. The summed E-state index contributed by atoms with van der Waals surface area (Å²) in [5, 5.41) is 0. The van der Waals surface area contributed by atoms with Gasteiger partial charge in [-0.3, -0.25) is 4.79 Å². The maximum Gasteiger partial charge on any atom is 0.339 e. The first-order chi connectivity index (χ1) is 13.6. The molecule has 7 nitrogen and oxygen atoms in total. The highest BCUT2D eigenvalue weighted by atomic mass is 16.5. The van der Waals surface area contributed by atoms with Gasteiger partial charge in [-0.1, -0.05) is 12.1 Å². The fourth-order valence-electron chi connectivity index (χ4n) is 3.33. The standard InChI is InChI=1S/C21H24N2O5/c1-26-18-9-8-15(14-19(18)27-2)20(24)23-12-10-22(11-13-23)17-7-5-4-6-16(17)21(25)28-3/h4-9,14H,10-13H2,1-3H3. The molecule has 2 aromatic carbocycles. The summed E-state index contributed by atoms with van der Waals surface area (Å²) in [7, 11) is 4.48. The lowest BCUT2D eigenvalue weighted by molar-refractivity contribution is 0.0600. The zero-order valence-electron chi connectivity index (χ0n) is 16.3. The van der Waals surface area contributed by atoms with Crippen LogP contribution in [0.15, 0.2) is 42.5 Å². The number of para-hydroxylation sites is 1. The van der Waals surface area contributed by atoms with Crippen molar-refractivity contribution in [3.8, 4) is 11.5 Å². The van der Waals surface area contributed by atoms with Gasteiger partial charge in [0.05, 0.1) is 32.6 Å². The van der Waals surface area contributed by atoms with Crippen molar-refractivity contribution in [2.75, 3.05) is 52.4 Å². The third-order valence-electron chi connectivity index (χ3n) is 4.85. The molecule has 0 spiro atoms. The second-order valence-electron chi connectivity index (χ2n) is 6.36. The van der Waals surface area contributed by atoms with E-state index in [1.807, 2.05) is 18.2 Å². The minimum atomic E-state index is -0.362. The summed E-state index contributed by atoms with van der Waals surface area (Å²) in [4.78, 5) is 28.8. The van der Waals surface area contributed by atoms with Crippen LogP contribution in [0.25, 0.3) is 0 Å². The van der Waals surface area contributed by atoms with Gasteiger partial charge in [0, 0.05) is 31.7 Å². The van der Waals surface area contributed by atoms with Gasteiger partial charge < -0.3 is 24.0 Å². The van der Waals surface area contributed by atoms with E-state index < -0.39 is 0 Å². The van der Waals surface area contributed by atoms with E-state index in [1.54, 1.807) is 43.4 Å². The monoisotopic (exact) mass is 384 g/mol. The summed E-state index contributed by atoms with van der Waals surface area (Å²) in [6.45, 7) is 2.38. The summed E-state index contributed by atoms with van der Waals surface area (Å²) < 4.78 is 15.4. The Balaban J connectivity index is 1.71. The molecule has 28 heavy (non-hydrogen) atoms. The highest BCUT2D eigenvalue weighted by Gasteiger charge is 2.25. The second-order valence-corrected chi connectivity index (χ2v) is 6.36. The first kappa shape index (κ1) is 19.5.